The maximum atomic E-state index is 11.8. The molecular weight excluding hydrogens is 298 g/mol. The highest BCUT2D eigenvalue weighted by Gasteiger charge is 2.19. The zero-order chi connectivity index (χ0) is 16.2. The Bertz CT molecular complexity index is 644. The van der Waals surface area contributed by atoms with E-state index in [0.717, 1.165) is 15.9 Å². The Labute approximate surface area is 124 Å². The van der Waals surface area contributed by atoms with Crippen LogP contribution in [0.3, 0.4) is 0 Å². The van der Waals surface area contributed by atoms with Crippen molar-refractivity contribution in [3.63, 3.8) is 0 Å². The Kier molecular flexibility index (Phi) is 5.53. The molecule has 0 radical (unpaired) electrons. The molecule has 0 aliphatic heterocycles. The minimum atomic E-state index is -0.678. The average Bonchev–Trinajstić information content (AvgIpc) is 2.79. The molecule has 0 atom stereocenters. The van der Waals surface area contributed by atoms with Crippen molar-refractivity contribution in [3.8, 4) is 0 Å². The zero-order valence-electron chi connectivity index (χ0n) is 12.1. The number of nitrogens with zero attached hydrogens (tertiary/aromatic N) is 3. The molecule has 2 amide bonds. The van der Waals surface area contributed by atoms with Crippen LogP contribution < -0.4 is 4.80 Å². The molecule has 21 heavy (non-hydrogen) atoms. The number of hydrogen-bond donors (Lipinski definition) is 0. The van der Waals surface area contributed by atoms with Crippen molar-refractivity contribution in [2.45, 2.75) is 27.7 Å². The first-order valence-electron chi connectivity index (χ1n) is 6.04. The van der Waals surface area contributed by atoms with Gasteiger partial charge in [-0.25, -0.2) is 9.36 Å². The smallest absolute Gasteiger partial charge is 0.356 e. The number of amides is 2. The van der Waals surface area contributed by atoms with Crippen LogP contribution in [-0.2, 0) is 14.3 Å². The van der Waals surface area contributed by atoms with Crippen molar-refractivity contribution in [3.05, 3.63) is 15.9 Å². The van der Waals surface area contributed by atoms with Crippen LogP contribution in [0.15, 0.2) is 10.5 Å². The van der Waals surface area contributed by atoms with Gasteiger partial charge < -0.3 is 4.74 Å². The Morgan fingerprint density at radius 2 is 1.81 bits per heavy atom. The van der Waals surface area contributed by atoms with Crippen molar-refractivity contribution in [2.75, 3.05) is 6.61 Å². The maximum Gasteiger partial charge on any atom is 0.356 e. The Morgan fingerprint density at radius 3 is 2.24 bits per heavy atom. The SMILES string of the molecule is CCOC(=O)c1csc(=NN(C(C)=O)C(C)=O)n1C(C)=O. The number of thiazole rings is 1. The molecular formula is C12H15N3O5S. The van der Waals surface area contributed by atoms with E-state index in [2.05, 4.69) is 5.10 Å². The number of rotatable bonds is 3. The Morgan fingerprint density at radius 1 is 1.24 bits per heavy atom. The quantitative estimate of drug-likeness (QED) is 0.601. The highest BCUT2D eigenvalue weighted by atomic mass is 32.1. The number of carbonyl (C=O) groups excluding carboxylic acids is 4. The second-order valence-electron chi connectivity index (χ2n) is 3.93. The van der Waals surface area contributed by atoms with E-state index in [1.807, 2.05) is 0 Å². The van der Waals surface area contributed by atoms with Crippen molar-refractivity contribution < 1.29 is 23.9 Å². The van der Waals surface area contributed by atoms with E-state index in [4.69, 9.17) is 4.74 Å². The molecule has 0 bridgehead atoms. The molecule has 9 heteroatoms. The summed E-state index contributed by atoms with van der Waals surface area (Å²) in [6.07, 6.45) is 0. The summed E-state index contributed by atoms with van der Waals surface area (Å²) in [7, 11) is 0. The molecule has 0 spiro atoms. The van der Waals surface area contributed by atoms with Gasteiger partial charge in [0, 0.05) is 26.2 Å². The van der Waals surface area contributed by atoms with E-state index in [1.54, 1.807) is 6.92 Å². The van der Waals surface area contributed by atoms with Gasteiger partial charge in [-0.1, -0.05) is 0 Å². The van der Waals surface area contributed by atoms with Crippen molar-refractivity contribution in [2.24, 2.45) is 5.10 Å². The van der Waals surface area contributed by atoms with Crippen molar-refractivity contribution >= 4 is 35.0 Å². The van der Waals surface area contributed by atoms with E-state index in [1.165, 1.54) is 26.2 Å². The standard InChI is InChI=1S/C12H15N3O5S/c1-5-20-11(19)10-6-21-12(14(10)7(2)16)13-15(8(3)17)9(4)18/h6H,5H2,1-4H3. The fraction of sp³-hybridized carbons (Fsp3) is 0.417. The first-order chi connectivity index (χ1) is 9.79. The van der Waals surface area contributed by atoms with E-state index >= 15 is 0 Å². The summed E-state index contributed by atoms with van der Waals surface area (Å²) in [6, 6.07) is 0. The van der Waals surface area contributed by atoms with Gasteiger partial charge in [0.05, 0.1) is 6.61 Å². The summed E-state index contributed by atoms with van der Waals surface area (Å²) in [6.45, 7) is 5.37. The van der Waals surface area contributed by atoms with Crippen LogP contribution in [0.5, 0.6) is 0 Å². The molecule has 0 aliphatic carbocycles. The highest BCUT2D eigenvalue weighted by molar-refractivity contribution is 7.07. The monoisotopic (exact) mass is 313 g/mol. The molecule has 1 heterocycles. The molecule has 0 aromatic carbocycles. The van der Waals surface area contributed by atoms with Crippen LogP contribution in [0, 0.1) is 0 Å². The zero-order valence-corrected chi connectivity index (χ0v) is 12.9. The van der Waals surface area contributed by atoms with Crippen LogP contribution in [0.2, 0.25) is 0 Å². The Balaban J connectivity index is 3.44. The maximum absolute atomic E-state index is 11.8. The summed E-state index contributed by atoms with van der Waals surface area (Å²) < 4.78 is 5.84. The average molecular weight is 313 g/mol. The lowest BCUT2D eigenvalue weighted by atomic mass is 10.4. The lowest BCUT2D eigenvalue weighted by molar-refractivity contribution is -0.142. The minimum absolute atomic E-state index is 0.000143. The van der Waals surface area contributed by atoms with Gasteiger partial charge in [-0.15, -0.1) is 16.4 Å². The van der Waals surface area contributed by atoms with Gasteiger partial charge in [0.15, 0.2) is 0 Å². The molecule has 114 valence electrons. The molecule has 0 aliphatic rings. The van der Waals surface area contributed by atoms with Gasteiger partial charge in [-0.05, 0) is 6.92 Å². The number of esters is 1. The molecule has 0 fully saturated rings. The topological polar surface area (TPSA) is 98.0 Å². The highest BCUT2D eigenvalue weighted by Crippen LogP contribution is 2.05. The fourth-order valence-corrected chi connectivity index (χ4v) is 2.36. The van der Waals surface area contributed by atoms with Crippen LogP contribution in [0.4, 0.5) is 0 Å². The third kappa shape index (κ3) is 3.85. The fourth-order valence-electron chi connectivity index (χ4n) is 1.48. The van der Waals surface area contributed by atoms with E-state index < -0.39 is 23.7 Å². The molecule has 0 saturated carbocycles. The molecule has 0 unspecified atom stereocenters. The van der Waals surface area contributed by atoms with Gasteiger partial charge >= 0.3 is 5.97 Å². The summed E-state index contributed by atoms with van der Waals surface area (Å²) in [5.74, 6) is -2.35. The second-order valence-corrected chi connectivity index (χ2v) is 4.76. The molecule has 0 saturated heterocycles. The second kappa shape index (κ2) is 6.93. The summed E-state index contributed by atoms with van der Waals surface area (Å²) >= 11 is 0.950. The van der Waals surface area contributed by atoms with E-state index in [0.29, 0.717) is 5.01 Å². The lowest BCUT2D eigenvalue weighted by Gasteiger charge is -2.09. The van der Waals surface area contributed by atoms with Gasteiger partial charge in [0.1, 0.15) is 5.69 Å². The summed E-state index contributed by atoms with van der Waals surface area (Å²) in [5, 5.41) is 5.84. The van der Waals surface area contributed by atoms with Gasteiger partial charge in [0.25, 0.3) is 0 Å². The molecule has 1 rings (SSSR count). The molecule has 8 nitrogen and oxygen atoms in total. The normalized spacial score (nSPS) is 11.1. The van der Waals surface area contributed by atoms with Gasteiger partial charge in [0.2, 0.25) is 22.5 Å². The van der Waals surface area contributed by atoms with Crippen LogP contribution in [0.25, 0.3) is 0 Å². The number of carbonyl (C=O) groups is 4. The van der Waals surface area contributed by atoms with Crippen LogP contribution in [0.1, 0.15) is 43.0 Å². The van der Waals surface area contributed by atoms with E-state index in [-0.39, 0.29) is 17.1 Å². The number of hydrogen-bond acceptors (Lipinski definition) is 7. The van der Waals surface area contributed by atoms with Gasteiger partial charge in [-0.3, -0.25) is 14.4 Å². The third-order valence-corrected chi connectivity index (χ3v) is 3.11. The van der Waals surface area contributed by atoms with Crippen LogP contribution >= 0.6 is 11.3 Å². The van der Waals surface area contributed by atoms with E-state index in [9.17, 15) is 19.2 Å². The third-order valence-electron chi connectivity index (χ3n) is 2.29. The summed E-state index contributed by atoms with van der Waals surface area (Å²) in [4.78, 5) is 46.2. The molecule has 1 aromatic rings. The van der Waals surface area contributed by atoms with Gasteiger partial charge in [-0.2, -0.15) is 5.01 Å². The number of imide groups is 1. The molecule has 1 aromatic heterocycles. The number of ether oxygens (including phenoxy) is 1. The van der Waals surface area contributed by atoms with Crippen LogP contribution in [-0.4, -0.2) is 39.9 Å². The van der Waals surface area contributed by atoms with Crippen molar-refractivity contribution in [1.29, 1.82) is 0 Å². The van der Waals surface area contributed by atoms with Crippen molar-refractivity contribution in [1.82, 2.24) is 9.58 Å². The predicted molar refractivity (Wildman–Crippen MR) is 73.3 cm³/mol. The predicted octanol–water partition coefficient (Wildman–Crippen LogP) is 0.597. The largest absolute Gasteiger partial charge is 0.461 e. The minimum Gasteiger partial charge on any atom is -0.461 e. The molecule has 0 N–H and O–H groups in total. The number of aromatic nitrogens is 1. The first kappa shape index (κ1) is 16.8. The summed E-state index contributed by atoms with van der Waals surface area (Å²) in [5.41, 5.74) is 0.000143. The first-order valence-corrected chi connectivity index (χ1v) is 6.92. The Hall–Kier alpha value is -2.29. The lowest BCUT2D eigenvalue weighted by Crippen LogP contribution is -2.33.